The summed E-state index contributed by atoms with van der Waals surface area (Å²) in [6, 6.07) is 11.7. The van der Waals surface area contributed by atoms with Gasteiger partial charge in [-0.05, 0) is 51.8 Å². The van der Waals surface area contributed by atoms with E-state index in [9.17, 15) is 0 Å². The molecule has 0 saturated carbocycles. The second-order valence-corrected chi connectivity index (χ2v) is 5.98. The number of halogens is 2. The SMILES string of the molecule is COc1ccc(Br)cc1COc1ccc(CN)cc1Br. The molecule has 0 unspecified atom stereocenters. The van der Waals surface area contributed by atoms with E-state index in [1.165, 1.54) is 0 Å². The van der Waals surface area contributed by atoms with Crippen LogP contribution in [0.1, 0.15) is 11.1 Å². The van der Waals surface area contributed by atoms with Gasteiger partial charge in [0.05, 0.1) is 11.6 Å². The van der Waals surface area contributed by atoms with Gasteiger partial charge in [0, 0.05) is 16.6 Å². The fourth-order valence-corrected chi connectivity index (χ4v) is 2.75. The Balaban J connectivity index is 2.14. The molecule has 0 aliphatic carbocycles. The average Bonchev–Trinajstić information content (AvgIpc) is 2.46. The highest BCUT2D eigenvalue weighted by atomic mass is 79.9. The minimum atomic E-state index is 0.434. The Kier molecular flexibility index (Phi) is 5.46. The van der Waals surface area contributed by atoms with Crippen molar-refractivity contribution in [2.24, 2.45) is 5.73 Å². The van der Waals surface area contributed by atoms with Gasteiger partial charge in [0.25, 0.3) is 0 Å². The van der Waals surface area contributed by atoms with Gasteiger partial charge in [-0.1, -0.05) is 22.0 Å². The van der Waals surface area contributed by atoms with E-state index in [1.54, 1.807) is 7.11 Å². The van der Waals surface area contributed by atoms with E-state index in [0.717, 1.165) is 31.6 Å². The summed E-state index contributed by atoms with van der Waals surface area (Å²) in [4.78, 5) is 0. The Morgan fingerprint density at radius 2 is 1.80 bits per heavy atom. The molecule has 3 nitrogen and oxygen atoms in total. The molecule has 0 saturated heterocycles. The molecule has 5 heteroatoms. The van der Waals surface area contributed by atoms with Gasteiger partial charge >= 0.3 is 0 Å². The minimum absolute atomic E-state index is 0.434. The van der Waals surface area contributed by atoms with Crippen LogP contribution in [0.25, 0.3) is 0 Å². The summed E-state index contributed by atoms with van der Waals surface area (Å²) in [5.74, 6) is 1.59. The number of benzene rings is 2. The van der Waals surface area contributed by atoms with Crippen LogP contribution in [0, 0.1) is 0 Å². The zero-order chi connectivity index (χ0) is 14.5. The van der Waals surface area contributed by atoms with E-state index in [4.69, 9.17) is 15.2 Å². The third kappa shape index (κ3) is 3.75. The zero-order valence-corrected chi connectivity index (χ0v) is 14.2. The van der Waals surface area contributed by atoms with Gasteiger partial charge < -0.3 is 15.2 Å². The third-order valence-electron chi connectivity index (χ3n) is 2.86. The molecule has 106 valence electrons. The summed E-state index contributed by atoms with van der Waals surface area (Å²) in [5, 5.41) is 0. The first-order valence-corrected chi connectivity index (χ1v) is 7.66. The van der Waals surface area contributed by atoms with Crippen molar-refractivity contribution in [3.8, 4) is 11.5 Å². The number of nitrogens with two attached hydrogens (primary N) is 1. The Bertz CT molecular complexity index is 602. The van der Waals surface area contributed by atoms with E-state index in [0.29, 0.717) is 13.2 Å². The van der Waals surface area contributed by atoms with E-state index in [-0.39, 0.29) is 0 Å². The molecule has 0 atom stereocenters. The highest BCUT2D eigenvalue weighted by Gasteiger charge is 2.07. The largest absolute Gasteiger partial charge is 0.496 e. The van der Waals surface area contributed by atoms with Gasteiger partial charge in [0.1, 0.15) is 18.1 Å². The molecule has 2 aromatic rings. The van der Waals surface area contributed by atoms with Crippen LogP contribution >= 0.6 is 31.9 Å². The molecular formula is C15H15Br2NO2. The quantitative estimate of drug-likeness (QED) is 0.815. The van der Waals surface area contributed by atoms with Crippen molar-refractivity contribution in [1.29, 1.82) is 0 Å². The van der Waals surface area contributed by atoms with Gasteiger partial charge in [-0.2, -0.15) is 0 Å². The number of rotatable bonds is 5. The highest BCUT2D eigenvalue weighted by molar-refractivity contribution is 9.10. The Hall–Kier alpha value is -1.04. The molecule has 2 rings (SSSR count). The summed E-state index contributed by atoms with van der Waals surface area (Å²) in [6.45, 7) is 0.946. The molecule has 0 heterocycles. The molecule has 0 aromatic heterocycles. The smallest absolute Gasteiger partial charge is 0.134 e. The van der Waals surface area contributed by atoms with Crippen LogP contribution in [0.15, 0.2) is 45.3 Å². The molecule has 0 bridgehead atoms. The van der Waals surface area contributed by atoms with Gasteiger partial charge in [-0.3, -0.25) is 0 Å². The molecule has 2 aromatic carbocycles. The maximum absolute atomic E-state index is 5.83. The van der Waals surface area contributed by atoms with Crippen molar-refractivity contribution >= 4 is 31.9 Å². The molecule has 2 N–H and O–H groups in total. The van der Waals surface area contributed by atoms with E-state index in [1.807, 2.05) is 36.4 Å². The van der Waals surface area contributed by atoms with Crippen LogP contribution in [0.5, 0.6) is 11.5 Å². The molecule has 0 radical (unpaired) electrons. The maximum Gasteiger partial charge on any atom is 0.134 e. The van der Waals surface area contributed by atoms with E-state index in [2.05, 4.69) is 31.9 Å². The molecular weight excluding hydrogens is 386 g/mol. The third-order valence-corrected chi connectivity index (χ3v) is 3.97. The van der Waals surface area contributed by atoms with Crippen LogP contribution in [0.2, 0.25) is 0 Å². The number of methoxy groups -OCH3 is 1. The Morgan fingerprint density at radius 1 is 1.05 bits per heavy atom. The first kappa shape index (κ1) is 15.4. The Labute approximate surface area is 135 Å². The molecule has 0 spiro atoms. The molecule has 0 aliphatic heterocycles. The molecule has 0 fully saturated rings. The second-order valence-electron chi connectivity index (χ2n) is 4.21. The number of ether oxygens (including phenoxy) is 2. The fraction of sp³-hybridized carbons (Fsp3) is 0.200. The monoisotopic (exact) mass is 399 g/mol. The minimum Gasteiger partial charge on any atom is -0.496 e. The van der Waals surface area contributed by atoms with Crippen molar-refractivity contribution < 1.29 is 9.47 Å². The normalized spacial score (nSPS) is 10.4. The molecule has 0 amide bonds. The lowest BCUT2D eigenvalue weighted by Crippen LogP contribution is -2.00. The highest BCUT2D eigenvalue weighted by Crippen LogP contribution is 2.29. The predicted molar refractivity (Wildman–Crippen MR) is 87.1 cm³/mol. The summed E-state index contributed by atoms with van der Waals surface area (Å²) in [5.41, 5.74) is 7.65. The predicted octanol–water partition coefficient (Wildman–Crippen LogP) is 4.26. The van der Waals surface area contributed by atoms with Crippen LogP contribution < -0.4 is 15.2 Å². The first-order chi connectivity index (χ1) is 9.63. The van der Waals surface area contributed by atoms with Gasteiger partial charge in [-0.25, -0.2) is 0 Å². The first-order valence-electron chi connectivity index (χ1n) is 6.07. The van der Waals surface area contributed by atoms with E-state index >= 15 is 0 Å². The van der Waals surface area contributed by atoms with Gasteiger partial charge in [-0.15, -0.1) is 0 Å². The van der Waals surface area contributed by atoms with Crippen LogP contribution in [0.4, 0.5) is 0 Å². The molecule has 0 aliphatic rings. The van der Waals surface area contributed by atoms with Gasteiger partial charge in [0.15, 0.2) is 0 Å². The van der Waals surface area contributed by atoms with Crippen LogP contribution in [-0.2, 0) is 13.2 Å². The maximum atomic E-state index is 5.83. The summed E-state index contributed by atoms with van der Waals surface area (Å²) >= 11 is 6.94. The lowest BCUT2D eigenvalue weighted by atomic mass is 10.2. The van der Waals surface area contributed by atoms with Crippen LogP contribution in [0.3, 0.4) is 0 Å². The van der Waals surface area contributed by atoms with Crippen molar-refractivity contribution in [2.45, 2.75) is 13.2 Å². The van der Waals surface area contributed by atoms with E-state index < -0.39 is 0 Å². The summed E-state index contributed by atoms with van der Waals surface area (Å²) in [7, 11) is 1.65. The van der Waals surface area contributed by atoms with Crippen molar-refractivity contribution in [3.05, 3.63) is 56.5 Å². The average molecular weight is 401 g/mol. The summed E-state index contributed by atoms with van der Waals surface area (Å²) < 4.78 is 13.1. The van der Waals surface area contributed by atoms with Crippen molar-refractivity contribution in [3.63, 3.8) is 0 Å². The Morgan fingerprint density at radius 3 is 2.45 bits per heavy atom. The lowest BCUT2D eigenvalue weighted by Gasteiger charge is -2.12. The van der Waals surface area contributed by atoms with Gasteiger partial charge in [0.2, 0.25) is 0 Å². The van der Waals surface area contributed by atoms with Crippen LogP contribution in [-0.4, -0.2) is 7.11 Å². The fourth-order valence-electron chi connectivity index (χ4n) is 1.80. The topological polar surface area (TPSA) is 44.5 Å². The summed E-state index contributed by atoms with van der Waals surface area (Å²) in [6.07, 6.45) is 0. The molecule has 20 heavy (non-hydrogen) atoms. The van der Waals surface area contributed by atoms with Crippen molar-refractivity contribution in [2.75, 3.05) is 7.11 Å². The van der Waals surface area contributed by atoms with Crippen molar-refractivity contribution in [1.82, 2.24) is 0 Å². The second kappa shape index (κ2) is 7.11. The standard InChI is InChI=1S/C15H15Br2NO2/c1-19-14-5-3-12(16)7-11(14)9-20-15-4-2-10(8-18)6-13(15)17/h2-7H,8-9,18H2,1H3. The number of hydrogen-bond donors (Lipinski definition) is 1. The lowest BCUT2D eigenvalue weighted by molar-refractivity contribution is 0.295. The zero-order valence-electron chi connectivity index (χ0n) is 11.0. The number of hydrogen-bond acceptors (Lipinski definition) is 3.